The molecule has 0 radical (unpaired) electrons. The highest BCUT2D eigenvalue weighted by Gasteiger charge is 2.28. The molecule has 6 nitrogen and oxygen atoms in total. The fourth-order valence-corrected chi connectivity index (χ4v) is 6.22. The molecule has 2 aromatic heterocycles. The molecule has 0 aliphatic heterocycles. The molecule has 0 atom stereocenters. The highest BCUT2D eigenvalue weighted by molar-refractivity contribution is 7.17. The van der Waals surface area contributed by atoms with Crippen LogP contribution >= 0.6 is 11.3 Å². The molecule has 5 rings (SSSR count). The van der Waals surface area contributed by atoms with E-state index in [0.29, 0.717) is 16.1 Å². The Morgan fingerprint density at radius 2 is 1.69 bits per heavy atom. The van der Waals surface area contributed by atoms with E-state index in [9.17, 15) is 9.59 Å². The first-order valence-corrected chi connectivity index (χ1v) is 12.9. The van der Waals surface area contributed by atoms with Gasteiger partial charge in [-0.25, -0.2) is 9.78 Å². The van der Waals surface area contributed by atoms with Crippen LogP contribution in [0.15, 0.2) is 48.5 Å². The van der Waals surface area contributed by atoms with E-state index in [2.05, 4.69) is 5.32 Å². The molecule has 0 bridgehead atoms. The highest BCUT2D eigenvalue weighted by atomic mass is 32.1. The number of amides is 1. The number of nitrogens with zero attached hydrogens (tertiary/aromatic N) is 1. The van der Waals surface area contributed by atoms with E-state index in [0.717, 1.165) is 71.1 Å². The lowest BCUT2D eigenvalue weighted by Crippen LogP contribution is -2.17. The third-order valence-corrected chi connectivity index (χ3v) is 7.97. The topological polar surface area (TPSA) is 77.5 Å². The third kappa shape index (κ3) is 4.35. The molecule has 2 aromatic carbocycles. The summed E-state index contributed by atoms with van der Waals surface area (Å²) in [5, 5.41) is 4.41. The first kappa shape index (κ1) is 24.0. The number of thiophene rings is 1. The molecular weight excluding hydrogens is 472 g/mol. The summed E-state index contributed by atoms with van der Waals surface area (Å²) in [6, 6.07) is 15.3. The summed E-state index contributed by atoms with van der Waals surface area (Å²) in [4.78, 5) is 32.7. The monoisotopic (exact) mass is 500 g/mol. The summed E-state index contributed by atoms with van der Waals surface area (Å²) >= 11 is 1.50. The normalized spacial score (nSPS) is 13.1. The van der Waals surface area contributed by atoms with Gasteiger partial charge >= 0.3 is 5.97 Å². The Labute approximate surface area is 214 Å². The molecule has 0 saturated carbocycles. The standard InChI is InChI=1S/C29H28N2O4S/c1-17-24(20-9-7-8-11-22(20)30-26(17)18-13-15-19(34-2)16-14-18)27(32)31-28-25(29(33)35-3)21-10-5-4-6-12-23(21)36-28/h7-9,11,13-16H,4-6,10,12H2,1-3H3,(H,31,32). The summed E-state index contributed by atoms with van der Waals surface area (Å²) in [6.07, 6.45) is 4.99. The van der Waals surface area contributed by atoms with E-state index < -0.39 is 5.97 Å². The molecule has 4 aromatic rings. The molecule has 184 valence electrons. The highest BCUT2D eigenvalue weighted by Crippen LogP contribution is 2.39. The summed E-state index contributed by atoms with van der Waals surface area (Å²) in [6.45, 7) is 1.92. The molecule has 1 aliphatic rings. The Morgan fingerprint density at radius 3 is 2.44 bits per heavy atom. The van der Waals surface area contributed by atoms with Crippen molar-refractivity contribution in [1.29, 1.82) is 0 Å². The van der Waals surface area contributed by atoms with Crippen LogP contribution in [0.4, 0.5) is 5.00 Å². The van der Waals surface area contributed by atoms with Crippen LogP contribution in [0.5, 0.6) is 5.75 Å². The van der Waals surface area contributed by atoms with Gasteiger partial charge in [0, 0.05) is 15.8 Å². The molecule has 7 heteroatoms. The third-order valence-electron chi connectivity index (χ3n) is 6.76. The maximum Gasteiger partial charge on any atom is 0.341 e. The maximum atomic E-state index is 13.9. The molecule has 36 heavy (non-hydrogen) atoms. The van der Waals surface area contributed by atoms with Gasteiger partial charge in [0.1, 0.15) is 10.8 Å². The van der Waals surface area contributed by atoms with E-state index in [1.54, 1.807) is 7.11 Å². The van der Waals surface area contributed by atoms with Gasteiger partial charge in [-0.15, -0.1) is 11.3 Å². The van der Waals surface area contributed by atoms with Gasteiger partial charge in [-0.3, -0.25) is 4.79 Å². The Hall–Kier alpha value is -3.71. The minimum absolute atomic E-state index is 0.262. The number of para-hydroxylation sites is 1. The van der Waals surface area contributed by atoms with Crippen LogP contribution in [-0.4, -0.2) is 31.1 Å². The fourth-order valence-electron chi connectivity index (χ4n) is 4.94. The Morgan fingerprint density at radius 1 is 0.944 bits per heavy atom. The van der Waals surface area contributed by atoms with Crippen LogP contribution < -0.4 is 10.1 Å². The molecule has 0 spiro atoms. The number of carbonyl (C=O) groups is 2. The first-order chi connectivity index (χ1) is 17.5. The smallest absolute Gasteiger partial charge is 0.341 e. The number of benzene rings is 2. The number of aromatic nitrogens is 1. The van der Waals surface area contributed by atoms with Crippen LogP contribution in [0.25, 0.3) is 22.2 Å². The van der Waals surface area contributed by atoms with Gasteiger partial charge in [0.25, 0.3) is 5.91 Å². The van der Waals surface area contributed by atoms with Crippen molar-refractivity contribution >= 4 is 39.1 Å². The lowest BCUT2D eigenvalue weighted by Gasteiger charge is -2.15. The predicted molar refractivity (Wildman–Crippen MR) is 143 cm³/mol. The number of pyridine rings is 1. The second-order valence-electron chi connectivity index (χ2n) is 8.92. The Balaban J connectivity index is 1.61. The van der Waals surface area contributed by atoms with Gasteiger partial charge in [-0.1, -0.05) is 24.6 Å². The first-order valence-electron chi connectivity index (χ1n) is 12.1. The Bertz CT molecular complexity index is 1460. The van der Waals surface area contributed by atoms with Gasteiger partial charge in [0.05, 0.1) is 36.6 Å². The van der Waals surface area contributed by atoms with Crippen molar-refractivity contribution in [2.75, 3.05) is 19.5 Å². The van der Waals surface area contributed by atoms with Crippen molar-refractivity contribution in [3.8, 4) is 17.0 Å². The van der Waals surface area contributed by atoms with Crippen molar-refractivity contribution in [3.05, 3.63) is 75.7 Å². The average Bonchev–Trinajstić information content (AvgIpc) is 3.07. The SMILES string of the molecule is COC(=O)c1c(NC(=O)c2c(C)c(-c3ccc(OC)cc3)nc3ccccc23)sc2c1CCCCC2. The minimum Gasteiger partial charge on any atom is -0.497 e. The maximum absolute atomic E-state index is 13.9. The average molecular weight is 501 g/mol. The zero-order valence-corrected chi connectivity index (χ0v) is 21.5. The lowest BCUT2D eigenvalue weighted by atomic mass is 9.97. The lowest BCUT2D eigenvalue weighted by molar-refractivity contribution is 0.0601. The van der Waals surface area contributed by atoms with Crippen molar-refractivity contribution in [1.82, 2.24) is 4.98 Å². The van der Waals surface area contributed by atoms with E-state index >= 15 is 0 Å². The van der Waals surface area contributed by atoms with Crippen LogP contribution in [-0.2, 0) is 17.6 Å². The van der Waals surface area contributed by atoms with Crippen molar-refractivity contribution in [2.24, 2.45) is 0 Å². The number of aryl methyl sites for hydroxylation is 1. The molecule has 1 aliphatic carbocycles. The van der Waals surface area contributed by atoms with Crippen molar-refractivity contribution in [2.45, 2.75) is 39.0 Å². The van der Waals surface area contributed by atoms with Crippen LogP contribution in [0.3, 0.4) is 0 Å². The van der Waals surface area contributed by atoms with E-state index in [-0.39, 0.29) is 5.91 Å². The zero-order chi connectivity index (χ0) is 25.2. The summed E-state index contributed by atoms with van der Waals surface area (Å²) in [7, 11) is 3.01. The molecule has 0 fully saturated rings. The molecule has 2 heterocycles. The molecular formula is C29H28N2O4S. The van der Waals surface area contributed by atoms with Gasteiger partial charge < -0.3 is 14.8 Å². The molecule has 0 unspecified atom stereocenters. The van der Waals surface area contributed by atoms with Gasteiger partial charge in [-0.05, 0) is 74.1 Å². The van der Waals surface area contributed by atoms with Crippen LogP contribution in [0.2, 0.25) is 0 Å². The van der Waals surface area contributed by atoms with Crippen molar-refractivity contribution < 1.29 is 19.1 Å². The van der Waals surface area contributed by atoms with Gasteiger partial charge in [-0.2, -0.15) is 0 Å². The minimum atomic E-state index is -0.403. The summed E-state index contributed by atoms with van der Waals surface area (Å²) in [5.74, 6) is 0.0883. The summed E-state index contributed by atoms with van der Waals surface area (Å²) < 4.78 is 10.4. The number of esters is 1. The summed E-state index contributed by atoms with van der Waals surface area (Å²) in [5.41, 5.74) is 5.20. The number of fused-ring (bicyclic) bond motifs is 2. The largest absolute Gasteiger partial charge is 0.497 e. The van der Waals surface area contributed by atoms with Crippen LogP contribution in [0.1, 0.15) is 56.0 Å². The van der Waals surface area contributed by atoms with Gasteiger partial charge in [0.15, 0.2) is 0 Å². The quantitative estimate of drug-likeness (QED) is 0.247. The zero-order valence-electron chi connectivity index (χ0n) is 20.6. The van der Waals surface area contributed by atoms with Gasteiger partial charge in [0.2, 0.25) is 0 Å². The number of carbonyl (C=O) groups excluding carboxylic acids is 2. The number of rotatable bonds is 5. The number of nitrogens with one attached hydrogen (secondary N) is 1. The molecule has 0 saturated heterocycles. The van der Waals surface area contributed by atoms with E-state index in [4.69, 9.17) is 14.5 Å². The predicted octanol–water partition coefficient (Wildman–Crippen LogP) is 6.59. The number of hydrogen-bond acceptors (Lipinski definition) is 6. The molecule has 1 amide bonds. The number of hydrogen-bond donors (Lipinski definition) is 1. The van der Waals surface area contributed by atoms with Crippen LogP contribution in [0, 0.1) is 6.92 Å². The number of methoxy groups -OCH3 is 2. The Kier molecular flexibility index (Phi) is 6.74. The fraction of sp³-hybridized carbons (Fsp3) is 0.276. The van der Waals surface area contributed by atoms with Crippen molar-refractivity contribution in [3.63, 3.8) is 0 Å². The second-order valence-corrected chi connectivity index (χ2v) is 10.0. The van der Waals surface area contributed by atoms with E-state index in [1.807, 2.05) is 55.5 Å². The molecule has 1 N–H and O–H groups in total. The number of ether oxygens (including phenoxy) is 2. The van der Waals surface area contributed by atoms with E-state index in [1.165, 1.54) is 23.3 Å². The number of anilines is 1. The second kappa shape index (κ2) is 10.1.